The van der Waals surface area contributed by atoms with Gasteiger partial charge in [0.15, 0.2) is 0 Å². The molecular weight excluding hydrogens is 421 g/mol. The predicted molar refractivity (Wildman–Crippen MR) is 129 cm³/mol. The normalized spacial score (nSPS) is 14.7. The molecule has 32 heavy (non-hydrogen) atoms. The molecule has 1 amide bonds. The van der Waals surface area contributed by atoms with Crippen LogP contribution in [0.2, 0.25) is 0 Å². The van der Waals surface area contributed by atoms with Crippen LogP contribution >= 0.6 is 11.8 Å². The number of hydrogen-bond acceptors (Lipinski definition) is 4. The van der Waals surface area contributed by atoms with E-state index in [2.05, 4.69) is 22.2 Å². The van der Waals surface area contributed by atoms with E-state index in [0.29, 0.717) is 18.2 Å². The molecule has 1 aliphatic rings. The van der Waals surface area contributed by atoms with Crippen molar-refractivity contribution in [1.82, 2.24) is 15.2 Å². The van der Waals surface area contributed by atoms with E-state index in [4.69, 9.17) is 0 Å². The first-order chi connectivity index (χ1) is 15.6. The Labute approximate surface area is 193 Å². The molecule has 1 aliphatic carbocycles. The van der Waals surface area contributed by atoms with E-state index in [1.54, 1.807) is 12.1 Å². The quantitative estimate of drug-likeness (QED) is 0.433. The van der Waals surface area contributed by atoms with Gasteiger partial charge in [-0.1, -0.05) is 49.2 Å². The fourth-order valence-corrected chi connectivity index (χ4v) is 5.18. The summed E-state index contributed by atoms with van der Waals surface area (Å²) in [5.74, 6) is -0.347. The lowest BCUT2D eigenvalue weighted by Gasteiger charge is -2.31. The minimum Gasteiger partial charge on any atom is -0.352 e. The molecule has 1 saturated carbocycles. The van der Waals surface area contributed by atoms with Gasteiger partial charge in [0.05, 0.1) is 11.1 Å². The van der Waals surface area contributed by atoms with Gasteiger partial charge in [-0.2, -0.15) is 0 Å². The molecule has 1 fully saturated rings. The summed E-state index contributed by atoms with van der Waals surface area (Å²) in [6.07, 6.45) is 7.54. The minimum absolute atomic E-state index is 0.0788. The number of benzene rings is 2. The van der Waals surface area contributed by atoms with Crippen LogP contribution in [0.3, 0.4) is 0 Å². The largest absolute Gasteiger partial charge is 0.352 e. The molecule has 1 heterocycles. The van der Waals surface area contributed by atoms with Crippen molar-refractivity contribution in [3.05, 3.63) is 66.0 Å². The van der Waals surface area contributed by atoms with Crippen molar-refractivity contribution in [3.8, 4) is 0 Å². The number of para-hydroxylation sites is 1. The zero-order valence-corrected chi connectivity index (χ0v) is 19.3. The van der Waals surface area contributed by atoms with Gasteiger partial charge >= 0.3 is 0 Å². The average molecular weight is 452 g/mol. The Morgan fingerprint density at radius 2 is 1.88 bits per heavy atom. The molecule has 1 N–H and O–H groups in total. The van der Waals surface area contributed by atoms with Crippen molar-refractivity contribution in [3.63, 3.8) is 0 Å². The van der Waals surface area contributed by atoms with E-state index in [1.807, 2.05) is 30.3 Å². The van der Waals surface area contributed by atoms with Crippen molar-refractivity contribution in [2.45, 2.75) is 54.5 Å². The molecule has 0 aliphatic heterocycles. The molecule has 4 rings (SSSR count). The monoisotopic (exact) mass is 451 g/mol. The predicted octanol–water partition coefficient (Wildman–Crippen LogP) is 5.91. The lowest BCUT2D eigenvalue weighted by atomic mass is 9.94. The molecule has 4 nitrogen and oxygen atoms in total. The number of nitrogens with zero attached hydrogens (tertiary/aromatic N) is 2. The number of carbonyl (C=O) groups excluding carboxylic acids is 1. The Hall–Kier alpha value is -2.44. The van der Waals surface area contributed by atoms with E-state index in [-0.39, 0.29) is 11.7 Å². The van der Waals surface area contributed by atoms with Gasteiger partial charge in [0, 0.05) is 22.9 Å². The lowest BCUT2D eigenvalue weighted by molar-refractivity contribution is 0.0952. The highest BCUT2D eigenvalue weighted by molar-refractivity contribution is 7.99. The first-order valence-corrected chi connectivity index (χ1v) is 12.2. The molecule has 0 saturated heterocycles. The van der Waals surface area contributed by atoms with Gasteiger partial charge in [-0.05, 0) is 69.3 Å². The highest BCUT2D eigenvalue weighted by Gasteiger charge is 2.18. The van der Waals surface area contributed by atoms with E-state index < -0.39 is 0 Å². The van der Waals surface area contributed by atoms with Crippen LogP contribution in [0.5, 0.6) is 0 Å². The third kappa shape index (κ3) is 5.87. The number of carbonyl (C=O) groups is 1. The number of halogens is 1. The van der Waals surface area contributed by atoms with E-state index in [9.17, 15) is 9.18 Å². The van der Waals surface area contributed by atoms with E-state index >= 15 is 0 Å². The maximum Gasteiger partial charge on any atom is 0.252 e. The molecule has 168 valence electrons. The van der Waals surface area contributed by atoms with Crippen molar-refractivity contribution in [2.24, 2.45) is 0 Å². The van der Waals surface area contributed by atoms with Crippen LogP contribution in [0.15, 0.2) is 64.5 Å². The molecular formula is C26H30FN3OS. The van der Waals surface area contributed by atoms with Crippen LogP contribution in [-0.4, -0.2) is 42.0 Å². The second-order valence-corrected chi connectivity index (χ2v) is 9.56. The van der Waals surface area contributed by atoms with Crippen molar-refractivity contribution < 1.29 is 9.18 Å². The summed E-state index contributed by atoms with van der Waals surface area (Å²) in [6, 6.07) is 16.5. The minimum atomic E-state index is -0.269. The highest BCUT2D eigenvalue weighted by atomic mass is 32.2. The lowest BCUT2D eigenvalue weighted by Crippen LogP contribution is -2.35. The van der Waals surface area contributed by atoms with Gasteiger partial charge in [-0.3, -0.25) is 4.79 Å². The number of rotatable bonds is 8. The molecule has 0 unspecified atom stereocenters. The SMILES string of the molecule is CN(CCCNC(=O)c1cc(Sc2ccc(F)cc2)nc2ccccc12)C1CCCCC1. The topological polar surface area (TPSA) is 45.2 Å². The molecule has 2 aromatic carbocycles. The summed E-state index contributed by atoms with van der Waals surface area (Å²) in [6.45, 7) is 1.64. The number of amides is 1. The summed E-state index contributed by atoms with van der Waals surface area (Å²) < 4.78 is 13.2. The summed E-state index contributed by atoms with van der Waals surface area (Å²) in [5.41, 5.74) is 1.41. The van der Waals surface area contributed by atoms with Crippen LogP contribution in [0.1, 0.15) is 48.9 Å². The fourth-order valence-electron chi connectivity index (χ4n) is 4.34. The Morgan fingerprint density at radius 3 is 2.66 bits per heavy atom. The summed E-state index contributed by atoms with van der Waals surface area (Å²) >= 11 is 1.43. The number of aromatic nitrogens is 1. The van der Waals surface area contributed by atoms with E-state index in [0.717, 1.165) is 33.8 Å². The summed E-state index contributed by atoms with van der Waals surface area (Å²) in [7, 11) is 2.20. The molecule has 0 atom stereocenters. The van der Waals surface area contributed by atoms with Crippen LogP contribution in [-0.2, 0) is 0 Å². The number of nitrogens with one attached hydrogen (secondary N) is 1. The van der Waals surface area contributed by atoms with Gasteiger partial charge in [0.2, 0.25) is 0 Å². The van der Waals surface area contributed by atoms with Gasteiger partial charge in [-0.15, -0.1) is 0 Å². The van der Waals surface area contributed by atoms with Gasteiger partial charge in [0.1, 0.15) is 10.8 Å². The molecule has 3 aromatic rings. The van der Waals surface area contributed by atoms with Crippen molar-refractivity contribution >= 4 is 28.6 Å². The highest BCUT2D eigenvalue weighted by Crippen LogP contribution is 2.30. The third-order valence-corrected chi connectivity index (χ3v) is 7.07. The van der Waals surface area contributed by atoms with Gasteiger partial charge in [0.25, 0.3) is 5.91 Å². The zero-order chi connectivity index (χ0) is 22.3. The molecule has 1 aromatic heterocycles. The van der Waals surface area contributed by atoms with Crippen LogP contribution in [0, 0.1) is 5.82 Å². The maximum absolute atomic E-state index is 13.2. The van der Waals surface area contributed by atoms with Crippen LogP contribution in [0.25, 0.3) is 10.9 Å². The average Bonchev–Trinajstić information content (AvgIpc) is 2.83. The van der Waals surface area contributed by atoms with Crippen molar-refractivity contribution in [2.75, 3.05) is 20.1 Å². The van der Waals surface area contributed by atoms with Crippen LogP contribution in [0.4, 0.5) is 4.39 Å². The molecule has 0 radical (unpaired) electrons. The molecule has 6 heteroatoms. The Balaban J connectivity index is 1.41. The van der Waals surface area contributed by atoms with E-state index in [1.165, 1.54) is 56.0 Å². The Kier molecular flexibility index (Phi) is 7.76. The first-order valence-electron chi connectivity index (χ1n) is 11.4. The second-order valence-electron chi connectivity index (χ2n) is 8.46. The molecule has 0 spiro atoms. The van der Waals surface area contributed by atoms with Crippen molar-refractivity contribution in [1.29, 1.82) is 0 Å². The summed E-state index contributed by atoms with van der Waals surface area (Å²) in [4.78, 5) is 21.1. The second kappa shape index (κ2) is 10.9. The third-order valence-electron chi connectivity index (χ3n) is 6.14. The zero-order valence-electron chi connectivity index (χ0n) is 18.5. The van der Waals surface area contributed by atoms with Gasteiger partial charge in [-0.25, -0.2) is 9.37 Å². The van der Waals surface area contributed by atoms with Crippen LogP contribution < -0.4 is 5.32 Å². The first kappa shape index (κ1) is 22.7. The fraction of sp³-hybridized carbons (Fsp3) is 0.385. The summed E-state index contributed by atoms with van der Waals surface area (Å²) in [5, 5.41) is 4.66. The standard InChI is InChI=1S/C26H30FN3OS/c1-30(20-8-3-2-4-9-20)17-7-16-28-26(31)23-18-25(29-24-11-6-5-10-22(23)24)32-21-14-12-19(27)13-15-21/h5-6,10-15,18,20H,2-4,7-9,16-17H2,1H3,(H,28,31). The Bertz CT molecular complexity index is 1050. The molecule has 0 bridgehead atoms. The maximum atomic E-state index is 13.2. The number of pyridine rings is 1. The number of fused-ring (bicyclic) bond motifs is 1. The number of hydrogen-bond donors (Lipinski definition) is 1. The smallest absolute Gasteiger partial charge is 0.252 e. The Morgan fingerprint density at radius 1 is 1.12 bits per heavy atom. The van der Waals surface area contributed by atoms with Gasteiger partial charge < -0.3 is 10.2 Å².